The highest BCUT2D eigenvalue weighted by atomic mass is 16.3. The molecule has 0 aromatic carbocycles. The van der Waals surface area contributed by atoms with Gasteiger partial charge in [-0.3, -0.25) is 4.79 Å². The van der Waals surface area contributed by atoms with Crippen LogP contribution in [0.3, 0.4) is 0 Å². The van der Waals surface area contributed by atoms with Crippen LogP contribution in [0.4, 0.5) is 0 Å². The first-order valence-corrected chi connectivity index (χ1v) is 4.69. The molecular formula is C9H18N2O2. The van der Waals surface area contributed by atoms with Crippen molar-refractivity contribution < 1.29 is 9.90 Å². The SMILES string of the molecule is C[C@@H](N)C(=O)N(C)CC1CC(O)C1. The molecule has 0 aromatic heterocycles. The second-order valence-electron chi connectivity index (χ2n) is 4.00. The predicted octanol–water partition coefficient (Wildman–Crippen LogP) is -0.437. The monoisotopic (exact) mass is 186 g/mol. The topological polar surface area (TPSA) is 66.6 Å². The van der Waals surface area contributed by atoms with Crippen LogP contribution < -0.4 is 5.73 Å². The average molecular weight is 186 g/mol. The van der Waals surface area contributed by atoms with E-state index in [2.05, 4.69) is 0 Å². The molecule has 0 aliphatic heterocycles. The molecule has 0 heterocycles. The van der Waals surface area contributed by atoms with Crippen LogP contribution in [-0.4, -0.2) is 41.7 Å². The molecule has 4 nitrogen and oxygen atoms in total. The maximum Gasteiger partial charge on any atom is 0.238 e. The summed E-state index contributed by atoms with van der Waals surface area (Å²) < 4.78 is 0. The Balaban J connectivity index is 2.25. The Morgan fingerprint density at radius 3 is 2.62 bits per heavy atom. The lowest BCUT2D eigenvalue weighted by atomic mass is 9.82. The van der Waals surface area contributed by atoms with E-state index in [9.17, 15) is 4.79 Å². The second kappa shape index (κ2) is 4.07. The van der Waals surface area contributed by atoms with Crippen LogP contribution in [0.25, 0.3) is 0 Å². The normalized spacial score (nSPS) is 29.2. The lowest BCUT2D eigenvalue weighted by Crippen LogP contribution is -2.44. The van der Waals surface area contributed by atoms with Gasteiger partial charge in [-0.2, -0.15) is 0 Å². The molecule has 4 heteroatoms. The van der Waals surface area contributed by atoms with E-state index >= 15 is 0 Å². The highest BCUT2D eigenvalue weighted by molar-refractivity contribution is 5.80. The molecule has 1 fully saturated rings. The van der Waals surface area contributed by atoms with Gasteiger partial charge in [0.1, 0.15) is 0 Å². The maximum absolute atomic E-state index is 11.3. The van der Waals surface area contributed by atoms with E-state index in [1.807, 2.05) is 0 Å². The molecule has 0 radical (unpaired) electrons. The van der Waals surface area contributed by atoms with Crippen molar-refractivity contribution in [2.24, 2.45) is 11.7 Å². The number of carbonyl (C=O) groups is 1. The zero-order valence-corrected chi connectivity index (χ0v) is 8.23. The van der Waals surface area contributed by atoms with E-state index in [0.717, 1.165) is 19.4 Å². The number of aliphatic hydroxyl groups excluding tert-OH is 1. The van der Waals surface area contributed by atoms with Crippen molar-refractivity contribution in [2.75, 3.05) is 13.6 Å². The summed E-state index contributed by atoms with van der Waals surface area (Å²) in [7, 11) is 1.76. The van der Waals surface area contributed by atoms with Gasteiger partial charge in [-0.25, -0.2) is 0 Å². The fraction of sp³-hybridized carbons (Fsp3) is 0.889. The number of nitrogens with two attached hydrogens (primary N) is 1. The molecule has 0 saturated heterocycles. The molecule has 0 unspecified atom stereocenters. The van der Waals surface area contributed by atoms with Gasteiger partial charge in [-0.15, -0.1) is 0 Å². The van der Waals surface area contributed by atoms with Crippen LogP contribution in [0.1, 0.15) is 19.8 Å². The zero-order chi connectivity index (χ0) is 10.0. The van der Waals surface area contributed by atoms with Crippen molar-refractivity contribution >= 4 is 5.91 Å². The van der Waals surface area contributed by atoms with Crippen LogP contribution in [-0.2, 0) is 4.79 Å². The molecule has 13 heavy (non-hydrogen) atoms. The van der Waals surface area contributed by atoms with Gasteiger partial charge in [0.2, 0.25) is 5.91 Å². The van der Waals surface area contributed by atoms with E-state index in [4.69, 9.17) is 10.8 Å². The fourth-order valence-corrected chi connectivity index (χ4v) is 1.67. The molecule has 1 saturated carbocycles. The van der Waals surface area contributed by atoms with Gasteiger partial charge >= 0.3 is 0 Å². The first-order valence-electron chi connectivity index (χ1n) is 4.69. The Kier molecular flexibility index (Phi) is 3.27. The second-order valence-corrected chi connectivity index (χ2v) is 4.00. The Morgan fingerprint density at radius 2 is 2.23 bits per heavy atom. The smallest absolute Gasteiger partial charge is 0.238 e. The molecule has 0 bridgehead atoms. The number of hydrogen-bond acceptors (Lipinski definition) is 3. The summed E-state index contributed by atoms with van der Waals surface area (Å²) in [5.41, 5.74) is 5.46. The van der Waals surface area contributed by atoms with Gasteiger partial charge in [0.25, 0.3) is 0 Å². The molecule has 1 aliphatic carbocycles. The van der Waals surface area contributed by atoms with Gasteiger partial charge in [0.05, 0.1) is 12.1 Å². The summed E-state index contributed by atoms with van der Waals surface area (Å²) in [6, 6.07) is -0.421. The molecule has 0 spiro atoms. The summed E-state index contributed by atoms with van der Waals surface area (Å²) in [4.78, 5) is 13.0. The molecule has 0 aromatic rings. The van der Waals surface area contributed by atoms with Crippen molar-refractivity contribution in [2.45, 2.75) is 31.9 Å². The summed E-state index contributed by atoms with van der Waals surface area (Å²) in [5, 5.41) is 9.05. The first kappa shape index (κ1) is 10.5. The third kappa shape index (κ3) is 2.67. The highest BCUT2D eigenvalue weighted by Crippen LogP contribution is 2.27. The summed E-state index contributed by atoms with van der Waals surface area (Å²) in [6.45, 7) is 2.41. The highest BCUT2D eigenvalue weighted by Gasteiger charge is 2.29. The van der Waals surface area contributed by atoms with Gasteiger partial charge < -0.3 is 15.7 Å². The standard InChI is InChI=1S/C9H18N2O2/c1-6(10)9(13)11(2)5-7-3-8(12)4-7/h6-8,12H,3-5,10H2,1-2H3/t6-,7?,8?/m1/s1. The third-order valence-corrected chi connectivity index (χ3v) is 2.51. The number of amides is 1. The largest absolute Gasteiger partial charge is 0.393 e. The molecule has 1 rings (SSSR count). The Bertz CT molecular complexity index is 188. The van der Waals surface area contributed by atoms with Crippen molar-refractivity contribution in [1.29, 1.82) is 0 Å². The van der Waals surface area contributed by atoms with Crippen molar-refractivity contribution in [3.63, 3.8) is 0 Å². The van der Waals surface area contributed by atoms with Crippen LogP contribution in [0.15, 0.2) is 0 Å². The van der Waals surface area contributed by atoms with Crippen molar-refractivity contribution in [3.8, 4) is 0 Å². The van der Waals surface area contributed by atoms with Gasteiger partial charge in [-0.05, 0) is 25.7 Å². The molecule has 1 amide bonds. The van der Waals surface area contributed by atoms with E-state index in [0.29, 0.717) is 5.92 Å². The fourth-order valence-electron chi connectivity index (χ4n) is 1.67. The third-order valence-electron chi connectivity index (χ3n) is 2.51. The number of likely N-dealkylation sites (N-methyl/N-ethyl adjacent to an activating group) is 1. The summed E-state index contributed by atoms with van der Waals surface area (Å²) in [6.07, 6.45) is 1.48. The van der Waals surface area contributed by atoms with Gasteiger partial charge in [-0.1, -0.05) is 0 Å². The molecule has 76 valence electrons. The Morgan fingerprint density at radius 1 is 1.69 bits per heavy atom. The first-order chi connectivity index (χ1) is 6.00. The van der Waals surface area contributed by atoms with Crippen LogP contribution in [0.2, 0.25) is 0 Å². The lowest BCUT2D eigenvalue weighted by molar-refractivity contribution is -0.132. The number of carbonyl (C=O) groups excluding carboxylic acids is 1. The van der Waals surface area contributed by atoms with E-state index in [1.54, 1.807) is 18.9 Å². The van der Waals surface area contributed by atoms with Crippen molar-refractivity contribution in [1.82, 2.24) is 4.90 Å². The van der Waals surface area contributed by atoms with Crippen LogP contribution in [0, 0.1) is 5.92 Å². The number of aliphatic hydroxyl groups is 1. The Labute approximate surface area is 78.7 Å². The number of hydrogen-bond donors (Lipinski definition) is 2. The summed E-state index contributed by atoms with van der Waals surface area (Å²) >= 11 is 0. The predicted molar refractivity (Wildman–Crippen MR) is 50.0 cm³/mol. The van der Waals surface area contributed by atoms with E-state index < -0.39 is 6.04 Å². The average Bonchev–Trinajstić information content (AvgIpc) is 2.00. The minimum Gasteiger partial charge on any atom is -0.393 e. The zero-order valence-electron chi connectivity index (χ0n) is 8.23. The molecule has 3 N–H and O–H groups in total. The van der Waals surface area contributed by atoms with E-state index in [1.165, 1.54) is 0 Å². The van der Waals surface area contributed by atoms with Crippen LogP contribution in [0.5, 0.6) is 0 Å². The molecule has 1 aliphatic rings. The molecule has 1 atom stereocenters. The quantitative estimate of drug-likeness (QED) is 0.628. The summed E-state index contributed by atoms with van der Waals surface area (Å²) in [5.74, 6) is 0.434. The maximum atomic E-state index is 11.3. The Hall–Kier alpha value is -0.610. The van der Waals surface area contributed by atoms with Gasteiger partial charge in [0, 0.05) is 13.6 Å². The van der Waals surface area contributed by atoms with Crippen LogP contribution >= 0.6 is 0 Å². The van der Waals surface area contributed by atoms with Gasteiger partial charge in [0.15, 0.2) is 0 Å². The number of rotatable bonds is 3. The minimum absolute atomic E-state index is 0.0265. The van der Waals surface area contributed by atoms with E-state index in [-0.39, 0.29) is 12.0 Å². The number of nitrogens with zero attached hydrogens (tertiary/aromatic N) is 1. The van der Waals surface area contributed by atoms with Crippen molar-refractivity contribution in [3.05, 3.63) is 0 Å². The molecular weight excluding hydrogens is 168 g/mol. The lowest BCUT2D eigenvalue weighted by Gasteiger charge is -2.34. The minimum atomic E-state index is -0.421.